The Morgan fingerprint density at radius 3 is 3.09 bits per heavy atom. The fraction of sp³-hybridized carbons (Fsp3) is 0.267. The number of nitrogens with one attached hydrogen (secondary N) is 1. The van der Waals surface area contributed by atoms with Crippen LogP contribution in [0.25, 0.3) is 10.9 Å². The third kappa shape index (κ3) is 2.14. The van der Waals surface area contributed by atoms with E-state index in [9.17, 15) is 10.1 Å². The second kappa shape index (κ2) is 5.21. The van der Waals surface area contributed by atoms with Crippen LogP contribution in [0.2, 0.25) is 0 Å². The smallest absolute Gasteiger partial charge is 0.268 e. The number of aromatic nitrogens is 5. The lowest BCUT2D eigenvalue weighted by Gasteiger charge is -2.21. The summed E-state index contributed by atoms with van der Waals surface area (Å²) in [7, 11) is 0. The predicted octanol–water partition coefficient (Wildman–Crippen LogP) is 0.838. The summed E-state index contributed by atoms with van der Waals surface area (Å²) >= 11 is 0. The van der Waals surface area contributed by atoms with E-state index in [1.54, 1.807) is 18.7 Å². The molecule has 1 atom stereocenters. The fourth-order valence-electron chi connectivity index (χ4n) is 3.13. The first kappa shape index (κ1) is 13.5. The van der Waals surface area contributed by atoms with Gasteiger partial charge in [-0.25, -0.2) is 9.67 Å². The van der Waals surface area contributed by atoms with Crippen LogP contribution in [0.15, 0.2) is 35.9 Å². The quantitative estimate of drug-likeness (QED) is 0.752. The lowest BCUT2D eigenvalue weighted by atomic mass is 10.1. The summed E-state index contributed by atoms with van der Waals surface area (Å²) in [6.07, 6.45) is 7.35. The molecule has 1 saturated heterocycles. The minimum Gasteiger partial charge on any atom is -0.368 e. The molecule has 0 unspecified atom stereocenters. The molecule has 3 aromatic heterocycles. The van der Waals surface area contributed by atoms with Crippen LogP contribution < -0.4 is 10.5 Å². The Labute approximate surface area is 131 Å². The molecule has 114 valence electrons. The Morgan fingerprint density at radius 1 is 1.39 bits per heavy atom. The summed E-state index contributed by atoms with van der Waals surface area (Å²) in [5.74, 6) is 0. The van der Waals surface area contributed by atoms with E-state index in [-0.39, 0.29) is 17.2 Å². The lowest BCUT2D eigenvalue weighted by Crippen LogP contribution is -2.25. The first-order chi connectivity index (χ1) is 11.3. The fourth-order valence-corrected chi connectivity index (χ4v) is 3.13. The third-order valence-electron chi connectivity index (χ3n) is 4.19. The van der Waals surface area contributed by atoms with Crippen molar-refractivity contribution in [1.29, 1.82) is 5.26 Å². The Kier molecular flexibility index (Phi) is 3.05. The number of pyridine rings is 2. The zero-order chi connectivity index (χ0) is 15.8. The van der Waals surface area contributed by atoms with Crippen LogP contribution in [0.1, 0.15) is 18.0 Å². The van der Waals surface area contributed by atoms with Crippen molar-refractivity contribution in [2.45, 2.75) is 12.5 Å². The molecule has 4 heterocycles. The minimum atomic E-state index is -0.382. The number of nitriles is 1. The van der Waals surface area contributed by atoms with Crippen molar-refractivity contribution >= 4 is 16.6 Å². The first-order valence-corrected chi connectivity index (χ1v) is 7.27. The molecule has 0 saturated carbocycles. The molecule has 1 fully saturated rings. The molecule has 0 aliphatic carbocycles. The van der Waals surface area contributed by atoms with Gasteiger partial charge in [-0.1, -0.05) is 0 Å². The second-order valence-electron chi connectivity index (χ2n) is 5.47. The molecule has 8 nitrogen and oxygen atoms in total. The Balaban J connectivity index is 1.83. The zero-order valence-electron chi connectivity index (χ0n) is 12.2. The molecule has 0 aromatic carbocycles. The van der Waals surface area contributed by atoms with Gasteiger partial charge in [0.15, 0.2) is 0 Å². The van der Waals surface area contributed by atoms with Gasteiger partial charge in [-0.05, 0) is 12.5 Å². The van der Waals surface area contributed by atoms with Gasteiger partial charge < -0.3 is 9.88 Å². The maximum absolute atomic E-state index is 12.2. The SMILES string of the molecule is N#Cc1c(N2CC[C@@H](n3cncn3)C2)c2ccncc2[nH]c1=O. The maximum atomic E-state index is 12.2. The average molecular weight is 307 g/mol. The highest BCUT2D eigenvalue weighted by Crippen LogP contribution is 2.32. The summed E-state index contributed by atoms with van der Waals surface area (Å²) in [4.78, 5) is 25.0. The highest BCUT2D eigenvalue weighted by atomic mass is 16.1. The molecule has 1 N–H and O–H groups in total. The van der Waals surface area contributed by atoms with Crippen LogP contribution in [0.3, 0.4) is 0 Å². The van der Waals surface area contributed by atoms with Gasteiger partial charge in [0.1, 0.15) is 24.3 Å². The summed E-state index contributed by atoms with van der Waals surface area (Å²) < 4.78 is 1.82. The van der Waals surface area contributed by atoms with Crippen molar-refractivity contribution in [3.8, 4) is 6.07 Å². The number of aromatic amines is 1. The van der Waals surface area contributed by atoms with E-state index in [4.69, 9.17) is 0 Å². The number of nitrogens with zero attached hydrogens (tertiary/aromatic N) is 6. The normalized spacial score (nSPS) is 17.5. The molecule has 1 aliphatic rings. The van der Waals surface area contributed by atoms with Crippen LogP contribution in [0, 0.1) is 11.3 Å². The molecule has 1 aliphatic heterocycles. The molecule has 3 aromatic rings. The summed E-state index contributed by atoms with van der Waals surface area (Å²) in [6, 6.07) is 4.05. The second-order valence-corrected chi connectivity index (χ2v) is 5.47. The van der Waals surface area contributed by atoms with E-state index in [1.165, 1.54) is 6.33 Å². The Bertz CT molecular complexity index is 954. The van der Waals surface area contributed by atoms with Crippen LogP contribution in [0.5, 0.6) is 0 Å². The van der Waals surface area contributed by atoms with Gasteiger partial charge in [0, 0.05) is 24.7 Å². The zero-order valence-corrected chi connectivity index (χ0v) is 12.2. The predicted molar refractivity (Wildman–Crippen MR) is 83.0 cm³/mol. The average Bonchev–Trinajstić information content (AvgIpc) is 3.24. The molecule has 8 heteroatoms. The third-order valence-corrected chi connectivity index (χ3v) is 4.19. The van der Waals surface area contributed by atoms with E-state index in [0.29, 0.717) is 17.7 Å². The maximum Gasteiger partial charge on any atom is 0.268 e. The van der Waals surface area contributed by atoms with Gasteiger partial charge in [0.25, 0.3) is 5.56 Å². The van der Waals surface area contributed by atoms with Gasteiger partial charge in [0.2, 0.25) is 0 Å². The van der Waals surface area contributed by atoms with Crippen molar-refractivity contribution in [2.75, 3.05) is 18.0 Å². The summed E-state index contributed by atoms with van der Waals surface area (Å²) in [5.41, 5.74) is 1.07. The number of anilines is 1. The standard InChI is InChI=1S/C15H13N7O/c16-5-12-14(11-1-3-17-6-13(11)20-15(12)23)21-4-2-10(7-21)22-9-18-8-19-22/h1,3,6,8-10H,2,4,7H2,(H,20,23)/t10-/m1/s1. The highest BCUT2D eigenvalue weighted by molar-refractivity contribution is 5.94. The monoisotopic (exact) mass is 307 g/mol. The van der Waals surface area contributed by atoms with Crippen LogP contribution in [-0.2, 0) is 0 Å². The van der Waals surface area contributed by atoms with E-state index in [0.717, 1.165) is 18.4 Å². The highest BCUT2D eigenvalue weighted by Gasteiger charge is 2.28. The molecule has 23 heavy (non-hydrogen) atoms. The largest absolute Gasteiger partial charge is 0.368 e. The molecule has 0 spiro atoms. The van der Waals surface area contributed by atoms with Gasteiger partial charge in [-0.3, -0.25) is 9.78 Å². The van der Waals surface area contributed by atoms with Crippen molar-refractivity contribution in [3.05, 3.63) is 47.0 Å². The van der Waals surface area contributed by atoms with E-state index in [1.807, 2.05) is 16.8 Å². The van der Waals surface area contributed by atoms with Crippen molar-refractivity contribution in [1.82, 2.24) is 24.7 Å². The van der Waals surface area contributed by atoms with Gasteiger partial charge in [-0.2, -0.15) is 10.4 Å². The van der Waals surface area contributed by atoms with E-state index >= 15 is 0 Å². The molecule has 0 bridgehead atoms. The first-order valence-electron chi connectivity index (χ1n) is 7.27. The summed E-state index contributed by atoms with van der Waals surface area (Å²) in [5, 5.41) is 14.4. The van der Waals surface area contributed by atoms with Crippen LogP contribution in [-0.4, -0.2) is 37.8 Å². The Hall–Kier alpha value is -3.21. The van der Waals surface area contributed by atoms with Crippen molar-refractivity contribution in [2.24, 2.45) is 0 Å². The molecule has 0 amide bonds. The number of fused-ring (bicyclic) bond motifs is 1. The number of rotatable bonds is 2. The summed E-state index contributed by atoms with van der Waals surface area (Å²) in [6.45, 7) is 1.43. The van der Waals surface area contributed by atoms with Gasteiger partial charge in [0.05, 0.1) is 23.4 Å². The Morgan fingerprint density at radius 2 is 2.30 bits per heavy atom. The van der Waals surface area contributed by atoms with Crippen LogP contribution in [0.4, 0.5) is 5.69 Å². The van der Waals surface area contributed by atoms with Gasteiger partial charge in [-0.15, -0.1) is 0 Å². The van der Waals surface area contributed by atoms with Crippen molar-refractivity contribution in [3.63, 3.8) is 0 Å². The van der Waals surface area contributed by atoms with E-state index in [2.05, 4.69) is 25.0 Å². The topological polar surface area (TPSA) is 103 Å². The molecular formula is C15H13N7O. The number of hydrogen-bond acceptors (Lipinski definition) is 6. The lowest BCUT2D eigenvalue weighted by molar-refractivity contribution is 0.493. The van der Waals surface area contributed by atoms with Gasteiger partial charge >= 0.3 is 0 Å². The molecule has 4 rings (SSSR count). The van der Waals surface area contributed by atoms with Crippen molar-refractivity contribution < 1.29 is 0 Å². The minimum absolute atomic E-state index is 0.142. The number of hydrogen-bond donors (Lipinski definition) is 1. The molecular weight excluding hydrogens is 294 g/mol. The molecule has 0 radical (unpaired) electrons. The van der Waals surface area contributed by atoms with E-state index < -0.39 is 0 Å². The van der Waals surface area contributed by atoms with Crippen LogP contribution >= 0.6 is 0 Å². The number of H-pyrrole nitrogens is 1.